The molecular formula is C16H15N3O2. The first kappa shape index (κ1) is 13.2. The van der Waals surface area contributed by atoms with Crippen molar-refractivity contribution in [3.05, 3.63) is 59.9 Å². The van der Waals surface area contributed by atoms with Gasteiger partial charge in [-0.1, -0.05) is 35.0 Å². The van der Waals surface area contributed by atoms with Gasteiger partial charge in [-0.2, -0.15) is 4.98 Å². The molecule has 0 spiro atoms. The van der Waals surface area contributed by atoms with Gasteiger partial charge >= 0.3 is 0 Å². The lowest BCUT2D eigenvalue weighted by Crippen LogP contribution is -2.00. The molecule has 5 heteroatoms. The highest BCUT2D eigenvalue weighted by atomic mass is 16.5. The normalized spacial score (nSPS) is 10.5. The summed E-state index contributed by atoms with van der Waals surface area (Å²) in [5.41, 5.74) is 8.46. The summed E-state index contributed by atoms with van der Waals surface area (Å²) in [7, 11) is 0. The van der Waals surface area contributed by atoms with Gasteiger partial charge in [0.05, 0.1) is 5.69 Å². The summed E-state index contributed by atoms with van der Waals surface area (Å²) in [6.45, 7) is 2.24. The summed E-state index contributed by atoms with van der Waals surface area (Å²) in [6, 6.07) is 15.2. The zero-order valence-electron chi connectivity index (χ0n) is 11.6. The van der Waals surface area contributed by atoms with Crippen molar-refractivity contribution in [2.75, 3.05) is 5.73 Å². The standard InChI is InChI=1S/C16H15N3O2/c1-11-6-8-12(9-7-11)16-18-15(19-21-16)10-20-14-5-3-2-4-13(14)17/h2-9H,10,17H2,1H3. The topological polar surface area (TPSA) is 74.2 Å². The van der Waals surface area contributed by atoms with Crippen LogP contribution < -0.4 is 10.5 Å². The number of nitrogens with zero attached hydrogens (tertiary/aromatic N) is 2. The molecule has 0 aliphatic carbocycles. The van der Waals surface area contributed by atoms with Crippen molar-refractivity contribution >= 4 is 5.69 Å². The molecule has 3 aromatic rings. The van der Waals surface area contributed by atoms with Crippen LogP contribution in [0.2, 0.25) is 0 Å². The maximum atomic E-state index is 5.81. The molecule has 0 fully saturated rings. The van der Waals surface area contributed by atoms with Crippen LogP contribution in [0.4, 0.5) is 5.69 Å². The smallest absolute Gasteiger partial charge is 0.258 e. The number of nitrogens with two attached hydrogens (primary N) is 1. The van der Waals surface area contributed by atoms with Gasteiger partial charge in [-0.25, -0.2) is 0 Å². The van der Waals surface area contributed by atoms with E-state index in [1.807, 2.05) is 43.3 Å². The van der Waals surface area contributed by atoms with Gasteiger partial charge in [0, 0.05) is 5.56 Å². The maximum absolute atomic E-state index is 5.81. The molecule has 3 rings (SSSR count). The largest absolute Gasteiger partial charge is 0.483 e. The molecule has 1 heterocycles. The van der Waals surface area contributed by atoms with Crippen LogP contribution in [-0.2, 0) is 6.61 Å². The van der Waals surface area contributed by atoms with Crippen LogP contribution in [0.25, 0.3) is 11.5 Å². The van der Waals surface area contributed by atoms with Gasteiger partial charge in [0.1, 0.15) is 5.75 Å². The van der Waals surface area contributed by atoms with E-state index in [-0.39, 0.29) is 6.61 Å². The third-order valence-electron chi connectivity index (χ3n) is 3.04. The van der Waals surface area contributed by atoms with E-state index in [4.69, 9.17) is 15.0 Å². The van der Waals surface area contributed by atoms with E-state index in [1.54, 1.807) is 12.1 Å². The Morgan fingerprint density at radius 1 is 1.10 bits per heavy atom. The van der Waals surface area contributed by atoms with E-state index < -0.39 is 0 Å². The lowest BCUT2D eigenvalue weighted by molar-refractivity contribution is 0.288. The van der Waals surface area contributed by atoms with Crippen molar-refractivity contribution in [3.8, 4) is 17.2 Å². The van der Waals surface area contributed by atoms with Crippen LogP contribution in [0.1, 0.15) is 11.4 Å². The average Bonchev–Trinajstić information content (AvgIpc) is 2.96. The fraction of sp³-hybridized carbons (Fsp3) is 0.125. The van der Waals surface area contributed by atoms with E-state index in [1.165, 1.54) is 5.56 Å². The number of para-hydroxylation sites is 2. The fourth-order valence-corrected chi connectivity index (χ4v) is 1.88. The molecule has 106 valence electrons. The highest BCUT2D eigenvalue weighted by molar-refractivity contribution is 5.53. The molecule has 2 aromatic carbocycles. The minimum Gasteiger partial charge on any atom is -0.483 e. The number of aryl methyl sites for hydroxylation is 1. The minimum atomic E-state index is 0.212. The Labute approximate surface area is 122 Å². The summed E-state index contributed by atoms with van der Waals surface area (Å²) in [5.74, 6) is 1.57. The maximum Gasteiger partial charge on any atom is 0.258 e. The van der Waals surface area contributed by atoms with Crippen LogP contribution in [0.5, 0.6) is 5.75 Å². The molecule has 21 heavy (non-hydrogen) atoms. The number of hydrogen-bond acceptors (Lipinski definition) is 5. The van der Waals surface area contributed by atoms with Crippen molar-refractivity contribution in [3.63, 3.8) is 0 Å². The number of ether oxygens (including phenoxy) is 1. The molecule has 0 saturated heterocycles. The van der Waals surface area contributed by atoms with E-state index in [0.29, 0.717) is 23.2 Å². The summed E-state index contributed by atoms with van der Waals surface area (Å²) in [4.78, 5) is 4.31. The van der Waals surface area contributed by atoms with Gasteiger partial charge in [0.2, 0.25) is 5.82 Å². The van der Waals surface area contributed by atoms with Crippen LogP contribution >= 0.6 is 0 Å². The first-order valence-corrected chi connectivity index (χ1v) is 6.59. The Kier molecular flexibility index (Phi) is 3.55. The number of rotatable bonds is 4. The van der Waals surface area contributed by atoms with E-state index in [2.05, 4.69) is 10.1 Å². The van der Waals surface area contributed by atoms with Crippen molar-refractivity contribution < 1.29 is 9.26 Å². The summed E-state index contributed by atoms with van der Waals surface area (Å²) < 4.78 is 10.8. The van der Waals surface area contributed by atoms with E-state index in [0.717, 1.165) is 5.56 Å². The minimum absolute atomic E-state index is 0.212. The quantitative estimate of drug-likeness (QED) is 0.743. The van der Waals surface area contributed by atoms with Crippen molar-refractivity contribution in [1.82, 2.24) is 10.1 Å². The van der Waals surface area contributed by atoms with Gasteiger partial charge in [-0.3, -0.25) is 0 Å². The third-order valence-corrected chi connectivity index (χ3v) is 3.04. The predicted molar refractivity (Wildman–Crippen MR) is 79.7 cm³/mol. The second-order valence-electron chi connectivity index (χ2n) is 4.71. The summed E-state index contributed by atoms with van der Waals surface area (Å²) >= 11 is 0. The molecule has 0 amide bonds. The lowest BCUT2D eigenvalue weighted by atomic mass is 10.1. The number of aromatic nitrogens is 2. The van der Waals surface area contributed by atoms with Gasteiger partial charge in [0.15, 0.2) is 6.61 Å². The Balaban J connectivity index is 1.71. The molecule has 0 unspecified atom stereocenters. The van der Waals surface area contributed by atoms with E-state index in [9.17, 15) is 0 Å². The monoisotopic (exact) mass is 281 g/mol. The Morgan fingerprint density at radius 2 is 1.86 bits per heavy atom. The van der Waals surface area contributed by atoms with Crippen molar-refractivity contribution in [2.45, 2.75) is 13.5 Å². The van der Waals surface area contributed by atoms with Gasteiger partial charge in [0.25, 0.3) is 5.89 Å². The highest BCUT2D eigenvalue weighted by Crippen LogP contribution is 2.22. The number of anilines is 1. The molecular weight excluding hydrogens is 266 g/mol. The number of hydrogen-bond donors (Lipinski definition) is 1. The Bertz CT molecular complexity index is 735. The molecule has 0 radical (unpaired) electrons. The van der Waals surface area contributed by atoms with Gasteiger partial charge in [-0.05, 0) is 31.2 Å². The fourth-order valence-electron chi connectivity index (χ4n) is 1.88. The molecule has 0 bridgehead atoms. The molecule has 2 N–H and O–H groups in total. The summed E-state index contributed by atoms with van der Waals surface area (Å²) in [6.07, 6.45) is 0. The molecule has 5 nitrogen and oxygen atoms in total. The molecule has 0 aliphatic rings. The van der Waals surface area contributed by atoms with Gasteiger partial charge in [-0.15, -0.1) is 0 Å². The highest BCUT2D eigenvalue weighted by Gasteiger charge is 2.09. The zero-order chi connectivity index (χ0) is 14.7. The first-order chi connectivity index (χ1) is 10.2. The van der Waals surface area contributed by atoms with Crippen LogP contribution in [-0.4, -0.2) is 10.1 Å². The Hall–Kier alpha value is -2.82. The van der Waals surface area contributed by atoms with E-state index >= 15 is 0 Å². The van der Waals surface area contributed by atoms with Crippen LogP contribution in [0, 0.1) is 6.92 Å². The van der Waals surface area contributed by atoms with Gasteiger partial charge < -0.3 is 15.0 Å². The molecule has 0 aliphatic heterocycles. The number of benzene rings is 2. The third kappa shape index (κ3) is 3.02. The second-order valence-corrected chi connectivity index (χ2v) is 4.71. The molecule has 1 aromatic heterocycles. The van der Waals surface area contributed by atoms with Crippen molar-refractivity contribution in [1.29, 1.82) is 0 Å². The number of nitrogen functional groups attached to an aromatic ring is 1. The van der Waals surface area contributed by atoms with Crippen LogP contribution in [0.3, 0.4) is 0 Å². The predicted octanol–water partition coefficient (Wildman–Crippen LogP) is 3.21. The SMILES string of the molecule is Cc1ccc(-c2nc(COc3ccccc3N)no2)cc1. The Morgan fingerprint density at radius 3 is 2.62 bits per heavy atom. The summed E-state index contributed by atoms with van der Waals surface area (Å²) in [5, 5.41) is 3.91. The average molecular weight is 281 g/mol. The second kappa shape index (κ2) is 5.66. The van der Waals surface area contributed by atoms with Crippen molar-refractivity contribution in [2.24, 2.45) is 0 Å². The van der Waals surface area contributed by atoms with Crippen LogP contribution in [0.15, 0.2) is 53.1 Å². The first-order valence-electron chi connectivity index (χ1n) is 6.59. The zero-order valence-corrected chi connectivity index (χ0v) is 11.6. The lowest BCUT2D eigenvalue weighted by Gasteiger charge is -2.05. The molecule has 0 saturated carbocycles. The molecule has 0 atom stereocenters.